The van der Waals surface area contributed by atoms with Crippen LogP contribution >= 0.6 is 0 Å². The van der Waals surface area contributed by atoms with E-state index in [1.54, 1.807) is 0 Å². The van der Waals surface area contributed by atoms with Gasteiger partial charge in [0.1, 0.15) is 23.4 Å². The van der Waals surface area contributed by atoms with Crippen molar-refractivity contribution in [2.24, 2.45) is 5.10 Å². The summed E-state index contributed by atoms with van der Waals surface area (Å²) < 4.78 is 51.7. The average Bonchev–Trinajstić information content (AvgIpc) is 3.20. The molecular weight excluding hydrogens is 441 g/mol. The number of pyridine rings is 1. The number of halogens is 3. The van der Waals surface area contributed by atoms with Crippen molar-refractivity contribution < 1.29 is 27.4 Å². The highest BCUT2D eigenvalue weighted by molar-refractivity contribution is 5.97. The van der Waals surface area contributed by atoms with Crippen molar-refractivity contribution in [2.75, 3.05) is 13.1 Å². The molecular formula is C21H19F3N6O3. The second-order valence-corrected chi connectivity index (χ2v) is 7.50. The van der Waals surface area contributed by atoms with E-state index >= 15 is 0 Å². The Balaban J connectivity index is 1.38. The second-order valence-electron chi connectivity index (χ2n) is 7.50. The predicted octanol–water partition coefficient (Wildman–Crippen LogP) is 3.45. The van der Waals surface area contributed by atoms with E-state index < -0.39 is 41.5 Å². The first kappa shape index (κ1) is 22.2. The number of hydrogen-bond acceptors (Lipinski definition) is 7. The van der Waals surface area contributed by atoms with Gasteiger partial charge in [-0.25, -0.2) is 28.0 Å². The molecule has 0 aliphatic carbocycles. The summed E-state index contributed by atoms with van der Waals surface area (Å²) in [5, 5.41) is 20.2. The van der Waals surface area contributed by atoms with Crippen LogP contribution in [0.1, 0.15) is 30.6 Å². The van der Waals surface area contributed by atoms with Crippen molar-refractivity contribution in [3.05, 3.63) is 59.0 Å². The van der Waals surface area contributed by atoms with Crippen LogP contribution in [-0.4, -0.2) is 58.1 Å². The number of ether oxygens (including phenoxy) is 2. The third kappa shape index (κ3) is 4.78. The molecule has 1 aromatic carbocycles. The molecule has 0 saturated carbocycles. The number of aromatic nitrogens is 1. The molecule has 2 aliphatic heterocycles. The quantitative estimate of drug-likeness (QED) is 0.537. The molecule has 172 valence electrons. The lowest BCUT2D eigenvalue weighted by Crippen LogP contribution is -2.59. The molecule has 3 heterocycles. The van der Waals surface area contributed by atoms with Crippen LogP contribution in [-0.2, 0) is 4.74 Å². The highest BCUT2D eigenvalue weighted by atomic mass is 19.1. The van der Waals surface area contributed by atoms with Crippen LogP contribution in [0, 0.1) is 28.3 Å². The number of nitrogens with one attached hydrogen (secondary N) is 2. The molecule has 2 amide bonds. The van der Waals surface area contributed by atoms with Gasteiger partial charge in [0.15, 0.2) is 11.7 Å². The van der Waals surface area contributed by atoms with Crippen LogP contribution < -0.4 is 4.74 Å². The SMILES string of the molecule is CC(=N)OC(=N)c1ccc(F)c(OC2CN(C(=O)N3N=CCC3c3cc(F)cc(F)c3)C2)n1. The second kappa shape index (κ2) is 8.88. The topological polar surface area (TPSA) is 115 Å². The van der Waals surface area contributed by atoms with E-state index in [1.807, 2.05) is 0 Å². The Bertz CT molecular complexity index is 1130. The molecule has 1 aromatic heterocycles. The number of urea groups is 1. The number of benzene rings is 1. The van der Waals surface area contributed by atoms with Crippen LogP contribution in [0.4, 0.5) is 18.0 Å². The number of nitrogens with zero attached hydrogens (tertiary/aromatic N) is 4. The largest absolute Gasteiger partial charge is 0.468 e. The maximum Gasteiger partial charge on any atom is 0.341 e. The Kier molecular flexibility index (Phi) is 5.99. The lowest BCUT2D eigenvalue weighted by Gasteiger charge is -2.40. The van der Waals surface area contributed by atoms with Gasteiger partial charge in [-0.15, -0.1) is 0 Å². The van der Waals surface area contributed by atoms with Crippen LogP contribution in [0.5, 0.6) is 5.88 Å². The third-order valence-electron chi connectivity index (χ3n) is 4.99. The van der Waals surface area contributed by atoms with Gasteiger partial charge in [-0.1, -0.05) is 0 Å². The first-order valence-corrected chi connectivity index (χ1v) is 9.93. The van der Waals surface area contributed by atoms with Gasteiger partial charge in [0.05, 0.1) is 19.1 Å². The summed E-state index contributed by atoms with van der Waals surface area (Å²) >= 11 is 0. The summed E-state index contributed by atoms with van der Waals surface area (Å²) in [6, 6.07) is 4.26. The number of likely N-dealkylation sites (tertiary alicyclic amines) is 1. The zero-order valence-electron chi connectivity index (χ0n) is 17.4. The number of carbonyl (C=O) groups excluding carboxylic acids is 1. The number of hydrazone groups is 1. The monoisotopic (exact) mass is 460 g/mol. The fourth-order valence-corrected chi connectivity index (χ4v) is 3.45. The number of hydrogen-bond donors (Lipinski definition) is 2. The Morgan fingerprint density at radius 3 is 2.48 bits per heavy atom. The Hall–Kier alpha value is -3.96. The van der Waals surface area contributed by atoms with Crippen molar-refractivity contribution in [3.8, 4) is 5.88 Å². The van der Waals surface area contributed by atoms with Gasteiger partial charge in [0.2, 0.25) is 5.90 Å². The summed E-state index contributed by atoms with van der Waals surface area (Å²) in [5.41, 5.74) is 0.279. The van der Waals surface area contributed by atoms with E-state index in [0.717, 1.165) is 29.3 Å². The van der Waals surface area contributed by atoms with Crippen molar-refractivity contribution in [3.63, 3.8) is 0 Å². The number of amides is 2. The summed E-state index contributed by atoms with van der Waals surface area (Å²) in [4.78, 5) is 18.1. The van der Waals surface area contributed by atoms with E-state index in [4.69, 9.17) is 20.3 Å². The number of carbonyl (C=O) groups is 1. The zero-order valence-corrected chi connectivity index (χ0v) is 17.4. The smallest absolute Gasteiger partial charge is 0.341 e. The molecule has 33 heavy (non-hydrogen) atoms. The van der Waals surface area contributed by atoms with Gasteiger partial charge >= 0.3 is 6.03 Å². The molecule has 2 aliphatic rings. The first-order chi connectivity index (χ1) is 15.7. The van der Waals surface area contributed by atoms with Gasteiger partial charge in [-0.05, 0) is 29.8 Å². The normalized spacial score (nSPS) is 17.6. The minimum absolute atomic E-state index is 0.0122. The van der Waals surface area contributed by atoms with Crippen LogP contribution in [0.25, 0.3) is 0 Å². The predicted molar refractivity (Wildman–Crippen MR) is 111 cm³/mol. The van der Waals surface area contributed by atoms with Crippen LogP contribution in [0.15, 0.2) is 35.4 Å². The lowest BCUT2D eigenvalue weighted by molar-refractivity contribution is 0.0230. The lowest BCUT2D eigenvalue weighted by atomic mass is 10.0. The molecule has 12 heteroatoms. The molecule has 1 fully saturated rings. The molecule has 4 rings (SSSR count). The first-order valence-electron chi connectivity index (χ1n) is 9.93. The van der Waals surface area contributed by atoms with E-state index in [-0.39, 0.29) is 30.6 Å². The fourth-order valence-electron chi connectivity index (χ4n) is 3.45. The molecule has 9 nitrogen and oxygen atoms in total. The summed E-state index contributed by atoms with van der Waals surface area (Å²) in [7, 11) is 0. The van der Waals surface area contributed by atoms with Gasteiger partial charge in [-0.2, -0.15) is 5.10 Å². The average molecular weight is 460 g/mol. The van der Waals surface area contributed by atoms with E-state index in [1.165, 1.54) is 24.1 Å². The summed E-state index contributed by atoms with van der Waals surface area (Å²) in [6.07, 6.45) is 1.26. The highest BCUT2D eigenvalue weighted by Gasteiger charge is 2.39. The standard InChI is InChI=1S/C21H19F3N6O3/c1-11(25)32-19(26)17-3-2-16(24)20(28-17)33-15-9-29(10-15)21(31)30-18(4-5-27-30)12-6-13(22)8-14(23)7-12/h2-3,5-8,15,18,25-26H,4,9-10H2,1H3. The minimum atomic E-state index is -0.750. The van der Waals surface area contributed by atoms with Gasteiger partial charge in [0, 0.05) is 25.6 Å². The van der Waals surface area contributed by atoms with Crippen LogP contribution in [0.3, 0.4) is 0 Å². The van der Waals surface area contributed by atoms with E-state index in [2.05, 4.69) is 10.1 Å². The summed E-state index contributed by atoms with van der Waals surface area (Å²) in [5.74, 6) is -3.23. The molecule has 2 aromatic rings. The zero-order chi connectivity index (χ0) is 23.7. The van der Waals surface area contributed by atoms with Gasteiger partial charge < -0.3 is 14.4 Å². The highest BCUT2D eigenvalue weighted by Crippen LogP contribution is 2.31. The molecule has 0 bridgehead atoms. The molecule has 0 radical (unpaired) electrons. The van der Waals surface area contributed by atoms with Crippen molar-refractivity contribution in [2.45, 2.75) is 25.5 Å². The third-order valence-corrected chi connectivity index (χ3v) is 4.99. The molecule has 1 atom stereocenters. The van der Waals surface area contributed by atoms with Crippen molar-refractivity contribution >= 4 is 24.0 Å². The van der Waals surface area contributed by atoms with E-state index in [9.17, 15) is 18.0 Å². The van der Waals surface area contributed by atoms with Gasteiger partial charge in [-0.3, -0.25) is 10.8 Å². The van der Waals surface area contributed by atoms with Crippen LogP contribution in [0.2, 0.25) is 0 Å². The Morgan fingerprint density at radius 1 is 1.12 bits per heavy atom. The van der Waals surface area contributed by atoms with Gasteiger partial charge in [0.25, 0.3) is 5.88 Å². The number of rotatable bonds is 4. The molecule has 1 unspecified atom stereocenters. The summed E-state index contributed by atoms with van der Waals surface area (Å²) in [6.45, 7) is 1.58. The van der Waals surface area contributed by atoms with Crippen molar-refractivity contribution in [1.82, 2.24) is 14.9 Å². The molecule has 1 saturated heterocycles. The fraction of sp³-hybridized carbons (Fsp3) is 0.286. The maximum atomic E-state index is 14.1. The Morgan fingerprint density at radius 2 is 1.82 bits per heavy atom. The van der Waals surface area contributed by atoms with E-state index in [0.29, 0.717) is 12.0 Å². The minimum Gasteiger partial charge on any atom is -0.468 e. The molecule has 2 N–H and O–H groups in total. The molecule has 0 spiro atoms. The Labute approximate surface area is 186 Å². The van der Waals surface area contributed by atoms with Crippen molar-refractivity contribution in [1.29, 1.82) is 10.8 Å². The maximum absolute atomic E-state index is 14.1.